The molecule has 2 N–H and O–H groups in total. The van der Waals surface area contributed by atoms with Crippen molar-refractivity contribution >= 4 is 11.9 Å². The highest BCUT2D eigenvalue weighted by Crippen LogP contribution is 2.31. The van der Waals surface area contributed by atoms with Crippen LogP contribution in [0.25, 0.3) is 0 Å². The third kappa shape index (κ3) is 5.98. The van der Waals surface area contributed by atoms with Gasteiger partial charge in [0.1, 0.15) is 11.5 Å². The molecule has 0 saturated heterocycles. The van der Waals surface area contributed by atoms with Gasteiger partial charge in [-0.05, 0) is 25.5 Å². The molecule has 1 aromatic heterocycles. The Bertz CT molecular complexity index is 789. The fourth-order valence-electron chi connectivity index (χ4n) is 2.63. The van der Waals surface area contributed by atoms with Gasteiger partial charge in [-0.25, -0.2) is 0 Å². The summed E-state index contributed by atoms with van der Waals surface area (Å²) in [6, 6.07) is 4.30. The Morgan fingerprint density at radius 2 is 2.07 bits per heavy atom. The summed E-state index contributed by atoms with van der Waals surface area (Å²) in [4.78, 5) is 27.6. The zero-order chi connectivity index (χ0) is 19.8. The third-order valence-corrected chi connectivity index (χ3v) is 3.89. The zero-order valence-electron chi connectivity index (χ0n) is 15.5. The number of hydrogen-bond donors (Lipinski definition) is 2. The summed E-state index contributed by atoms with van der Waals surface area (Å²) in [6.45, 7) is 1.72. The van der Waals surface area contributed by atoms with Crippen LogP contribution in [0.4, 0.5) is 0 Å². The average molecular weight is 377 g/mol. The first kappa shape index (κ1) is 20.2. The molecule has 0 aliphatic heterocycles. The normalized spacial score (nSPS) is 11.7. The molecule has 1 atom stereocenters. The van der Waals surface area contributed by atoms with Crippen LogP contribution >= 0.6 is 0 Å². The Hall–Kier alpha value is -3.10. The van der Waals surface area contributed by atoms with Crippen LogP contribution in [0.1, 0.15) is 42.6 Å². The van der Waals surface area contributed by atoms with Gasteiger partial charge in [0.2, 0.25) is 11.8 Å². The van der Waals surface area contributed by atoms with Crippen LogP contribution in [0.5, 0.6) is 11.5 Å². The van der Waals surface area contributed by atoms with Crippen LogP contribution in [0.2, 0.25) is 0 Å². The van der Waals surface area contributed by atoms with Gasteiger partial charge in [-0.2, -0.15) is 4.98 Å². The van der Waals surface area contributed by atoms with E-state index in [0.29, 0.717) is 41.6 Å². The van der Waals surface area contributed by atoms with Crippen LogP contribution in [0.3, 0.4) is 0 Å². The third-order valence-electron chi connectivity index (χ3n) is 3.89. The molecule has 1 unspecified atom stereocenters. The van der Waals surface area contributed by atoms with Crippen LogP contribution in [-0.4, -0.2) is 41.3 Å². The van der Waals surface area contributed by atoms with Crippen molar-refractivity contribution in [2.45, 2.75) is 38.6 Å². The Labute approximate surface area is 156 Å². The second-order valence-corrected chi connectivity index (χ2v) is 5.91. The number of nitrogens with one attached hydrogen (secondary N) is 1. The fourth-order valence-corrected chi connectivity index (χ4v) is 2.63. The largest absolute Gasteiger partial charge is 0.497 e. The number of ether oxygens (including phenoxy) is 2. The molecule has 0 radical (unpaired) electrons. The lowest BCUT2D eigenvalue weighted by molar-refractivity contribution is -0.137. The smallest absolute Gasteiger partial charge is 0.305 e. The molecule has 2 rings (SSSR count). The molecule has 9 heteroatoms. The summed E-state index contributed by atoms with van der Waals surface area (Å²) < 4.78 is 15.5. The summed E-state index contributed by atoms with van der Waals surface area (Å²) in [7, 11) is 3.00. The second-order valence-electron chi connectivity index (χ2n) is 5.91. The highest BCUT2D eigenvalue weighted by Gasteiger charge is 2.22. The van der Waals surface area contributed by atoms with Gasteiger partial charge in [0.25, 0.3) is 0 Å². The Morgan fingerprint density at radius 3 is 2.67 bits per heavy atom. The van der Waals surface area contributed by atoms with Crippen molar-refractivity contribution < 1.29 is 28.7 Å². The van der Waals surface area contributed by atoms with E-state index in [0.717, 1.165) is 0 Å². The highest BCUT2D eigenvalue weighted by atomic mass is 16.5. The van der Waals surface area contributed by atoms with Gasteiger partial charge in [-0.3, -0.25) is 9.59 Å². The van der Waals surface area contributed by atoms with E-state index in [9.17, 15) is 14.7 Å². The monoisotopic (exact) mass is 377 g/mol. The number of carboxylic acid groups (broad SMARTS) is 1. The number of carbonyl (C=O) groups is 2. The minimum atomic E-state index is -1.03. The van der Waals surface area contributed by atoms with Crippen molar-refractivity contribution in [3.8, 4) is 11.5 Å². The molecule has 0 bridgehead atoms. The van der Waals surface area contributed by atoms with Crippen LogP contribution < -0.4 is 14.8 Å². The van der Waals surface area contributed by atoms with E-state index >= 15 is 0 Å². The Kier molecular flexibility index (Phi) is 7.16. The summed E-state index contributed by atoms with van der Waals surface area (Å²) in [5, 5.41) is 15.7. The number of rotatable bonds is 10. The maximum absolute atomic E-state index is 12.3. The zero-order valence-corrected chi connectivity index (χ0v) is 15.5. The van der Waals surface area contributed by atoms with E-state index in [2.05, 4.69) is 15.5 Å². The number of aryl methyl sites for hydroxylation is 2. The number of methoxy groups -OCH3 is 2. The summed E-state index contributed by atoms with van der Waals surface area (Å²) >= 11 is 0. The van der Waals surface area contributed by atoms with Gasteiger partial charge < -0.3 is 24.4 Å². The van der Waals surface area contributed by atoms with Crippen molar-refractivity contribution in [2.75, 3.05) is 14.2 Å². The minimum Gasteiger partial charge on any atom is -0.497 e. The lowest BCUT2D eigenvalue weighted by Gasteiger charge is -2.20. The van der Waals surface area contributed by atoms with Crippen LogP contribution in [0, 0.1) is 6.92 Å². The van der Waals surface area contributed by atoms with E-state index in [1.54, 1.807) is 25.1 Å². The van der Waals surface area contributed by atoms with Gasteiger partial charge in [-0.15, -0.1) is 0 Å². The molecular weight excluding hydrogens is 354 g/mol. The molecule has 146 valence electrons. The first-order chi connectivity index (χ1) is 12.9. The Balaban J connectivity index is 2.03. The molecule has 0 aliphatic carbocycles. The van der Waals surface area contributed by atoms with Crippen LogP contribution in [-0.2, 0) is 16.0 Å². The van der Waals surface area contributed by atoms with Gasteiger partial charge in [0.15, 0.2) is 5.82 Å². The van der Waals surface area contributed by atoms with E-state index in [1.807, 2.05) is 0 Å². The number of aromatic nitrogens is 2. The van der Waals surface area contributed by atoms with E-state index in [4.69, 9.17) is 14.0 Å². The lowest BCUT2D eigenvalue weighted by Crippen LogP contribution is -2.30. The van der Waals surface area contributed by atoms with Crippen molar-refractivity contribution in [1.82, 2.24) is 15.5 Å². The molecule has 1 heterocycles. The molecule has 0 fully saturated rings. The quantitative estimate of drug-likeness (QED) is 0.645. The van der Waals surface area contributed by atoms with Crippen molar-refractivity contribution in [2.24, 2.45) is 0 Å². The van der Waals surface area contributed by atoms with Crippen LogP contribution in [0.15, 0.2) is 22.7 Å². The van der Waals surface area contributed by atoms with Crippen molar-refractivity contribution in [3.05, 3.63) is 35.5 Å². The number of benzene rings is 1. The number of carboxylic acids is 1. The highest BCUT2D eigenvalue weighted by molar-refractivity contribution is 5.78. The first-order valence-corrected chi connectivity index (χ1v) is 8.45. The minimum absolute atomic E-state index is 0.204. The number of hydrogen-bond acceptors (Lipinski definition) is 7. The van der Waals surface area contributed by atoms with Gasteiger partial charge in [-0.1, -0.05) is 5.16 Å². The number of carbonyl (C=O) groups excluding carboxylic acids is 1. The maximum atomic E-state index is 12.3. The molecule has 0 saturated carbocycles. The molecular formula is C18H23N3O6. The molecule has 2 aromatic rings. The van der Waals surface area contributed by atoms with Crippen molar-refractivity contribution in [3.63, 3.8) is 0 Å². The number of nitrogens with zero attached hydrogens (tertiary/aromatic N) is 2. The van der Waals surface area contributed by atoms with E-state index < -0.39 is 12.0 Å². The van der Waals surface area contributed by atoms with Gasteiger partial charge in [0, 0.05) is 24.5 Å². The predicted octanol–water partition coefficient (Wildman–Crippen LogP) is 2.05. The predicted molar refractivity (Wildman–Crippen MR) is 94.7 cm³/mol. The number of amides is 1. The lowest BCUT2D eigenvalue weighted by atomic mass is 10.0. The van der Waals surface area contributed by atoms with E-state index in [-0.39, 0.29) is 18.7 Å². The molecule has 0 aliphatic rings. The standard InChI is InChI=1S/C18H23N3O6/c1-11-19-17(27-21-11)6-4-5-16(22)20-14(10-18(23)24)13-8-7-12(25-2)9-15(13)26-3/h7-9,14H,4-6,10H2,1-3H3,(H,20,22)(H,23,24). The summed E-state index contributed by atoms with van der Waals surface area (Å²) in [5.41, 5.74) is 0.571. The summed E-state index contributed by atoms with van der Waals surface area (Å²) in [5.74, 6) is 0.740. The van der Waals surface area contributed by atoms with E-state index in [1.165, 1.54) is 14.2 Å². The number of aliphatic carboxylic acids is 1. The fraction of sp³-hybridized carbons (Fsp3) is 0.444. The molecule has 9 nitrogen and oxygen atoms in total. The molecule has 0 spiro atoms. The summed E-state index contributed by atoms with van der Waals surface area (Å²) in [6.07, 6.45) is 0.921. The molecule has 27 heavy (non-hydrogen) atoms. The first-order valence-electron chi connectivity index (χ1n) is 8.45. The van der Waals surface area contributed by atoms with Crippen molar-refractivity contribution in [1.29, 1.82) is 0 Å². The molecule has 1 aromatic carbocycles. The average Bonchev–Trinajstić information content (AvgIpc) is 3.05. The van der Waals surface area contributed by atoms with Gasteiger partial charge in [0.05, 0.1) is 26.7 Å². The molecule has 1 amide bonds. The Morgan fingerprint density at radius 1 is 1.30 bits per heavy atom. The maximum Gasteiger partial charge on any atom is 0.305 e. The topological polar surface area (TPSA) is 124 Å². The SMILES string of the molecule is COc1ccc(C(CC(=O)O)NC(=O)CCCc2nc(C)no2)c(OC)c1. The van der Waals surface area contributed by atoms with Gasteiger partial charge >= 0.3 is 5.97 Å². The second kappa shape index (κ2) is 9.56.